The Morgan fingerprint density at radius 2 is 1.76 bits per heavy atom. The molecule has 9 nitrogen and oxygen atoms in total. The SMILES string of the molecule is C/C=C\C(=O)N(C=O)CCCCCC(=O)O.CON(C)CCC(N)=O. The molecule has 0 saturated heterocycles. The van der Waals surface area contributed by atoms with E-state index in [2.05, 4.69) is 0 Å². The van der Waals surface area contributed by atoms with Gasteiger partial charge in [0.15, 0.2) is 0 Å². The maximum Gasteiger partial charge on any atom is 0.303 e. The summed E-state index contributed by atoms with van der Waals surface area (Å²) in [6.45, 7) is 2.59. The van der Waals surface area contributed by atoms with Gasteiger partial charge in [-0.05, 0) is 25.8 Å². The average molecular weight is 359 g/mol. The Balaban J connectivity index is 0. The van der Waals surface area contributed by atoms with Crippen LogP contribution in [0.5, 0.6) is 0 Å². The van der Waals surface area contributed by atoms with Crippen LogP contribution in [0.3, 0.4) is 0 Å². The number of carbonyl (C=O) groups excluding carboxylic acids is 3. The van der Waals surface area contributed by atoms with Gasteiger partial charge in [0.2, 0.25) is 12.3 Å². The summed E-state index contributed by atoms with van der Waals surface area (Å²) in [4.78, 5) is 48.0. The van der Waals surface area contributed by atoms with Crippen molar-refractivity contribution in [2.24, 2.45) is 5.73 Å². The Morgan fingerprint density at radius 3 is 2.20 bits per heavy atom. The van der Waals surface area contributed by atoms with Crippen LogP contribution < -0.4 is 5.73 Å². The zero-order valence-electron chi connectivity index (χ0n) is 15.1. The van der Waals surface area contributed by atoms with Gasteiger partial charge in [-0.25, -0.2) is 0 Å². The molecule has 0 aromatic carbocycles. The van der Waals surface area contributed by atoms with Gasteiger partial charge < -0.3 is 15.7 Å². The summed E-state index contributed by atoms with van der Waals surface area (Å²) in [5, 5.41) is 9.94. The van der Waals surface area contributed by atoms with Crippen molar-refractivity contribution in [2.45, 2.75) is 39.0 Å². The monoisotopic (exact) mass is 359 g/mol. The number of allylic oxidation sites excluding steroid dienone is 1. The molecule has 9 heteroatoms. The van der Waals surface area contributed by atoms with E-state index in [1.54, 1.807) is 32.2 Å². The smallest absolute Gasteiger partial charge is 0.303 e. The maximum absolute atomic E-state index is 11.3. The number of amides is 3. The summed E-state index contributed by atoms with van der Waals surface area (Å²) in [5.41, 5.74) is 4.87. The van der Waals surface area contributed by atoms with E-state index in [1.165, 1.54) is 6.08 Å². The highest BCUT2D eigenvalue weighted by Gasteiger charge is 2.08. The van der Waals surface area contributed by atoms with Gasteiger partial charge in [0.05, 0.1) is 7.11 Å². The van der Waals surface area contributed by atoms with E-state index in [-0.39, 0.29) is 18.2 Å². The van der Waals surface area contributed by atoms with Gasteiger partial charge in [0.1, 0.15) is 0 Å². The summed E-state index contributed by atoms with van der Waals surface area (Å²) in [6.07, 6.45) is 5.76. The molecule has 3 amide bonds. The Hall–Kier alpha value is -2.26. The number of hydrogen-bond acceptors (Lipinski definition) is 6. The molecule has 3 N–H and O–H groups in total. The van der Waals surface area contributed by atoms with Crippen molar-refractivity contribution in [1.29, 1.82) is 0 Å². The lowest BCUT2D eigenvalue weighted by atomic mass is 10.2. The minimum Gasteiger partial charge on any atom is -0.481 e. The third-order valence-electron chi connectivity index (χ3n) is 2.99. The molecule has 25 heavy (non-hydrogen) atoms. The number of unbranched alkanes of at least 4 members (excludes halogenated alkanes) is 2. The Bertz CT molecular complexity index is 440. The summed E-state index contributed by atoms with van der Waals surface area (Å²) in [6, 6.07) is 0. The highest BCUT2D eigenvalue weighted by Crippen LogP contribution is 2.01. The summed E-state index contributed by atoms with van der Waals surface area (Å²) < 4.78 is 0. The number of nitrogens with zero attached hydrogens (tertiary/aromatic N) is 2. The van der Waals surface area contributed by atoms with Gasteiger partial charge in [-0.15, -0.1) is 0 Å². The molecule has 0 rings (SSSR count). The van der Waals surface area contributed by atoms with Crippen molar-refractivity contribution in [3.63, 3.8) is 0 Å². The van der Waals surface area contributed by atoms with E-state index in [1.807, 2.05) is 0 Å². The van der Waals surface area contributed by atoms with Gasteiger partial charge in [-0.1, -0.05) is 12.5 Å². The molecule has 0 aliphatic rings. The lowest BCUT2D eigenvalue weighted by molar-refractivity contribution is -0.137. The van der Waals surface area contributed by atoms with E-state index in [0.29, 0.717) is 45.2 Å². The molecule has 0 heterocycles. The van der Waals surface area contributed by atoms with Crippen molar-refractivity contribution in [1.82, 2.24) is 9.96 Å². The molecule has 0 radical (unpaired) electrons. The van der Waals surface area contributed by atoms with E-state index >= 15 is 0 Å². The number of nitrogens with two attached hydrogens (primary N) is 1. The number of hydrogen-bond donors (Lipinski definition) is 2. The number of rotatable bonds is 12. The maximum atomic E-state index is 11.3. The number of carbonyl (C=O) groups is 4. The molecular weight excluding hydrogens is 330 g/mol. The van der Waals surface area contributed by atoms with Crippen molar-refractivity contribution < 1.29 is 29.1 Å². The van der Waals surface area contributed by atoms with Crippen LogP contribution in [0.25, 0.3) is 0 Å². The van der Waals surface area contributed by atoms with E-state index < -0.39 is 5.97 Å². The van der Waals surface area contributed by atoms with Crippen LogP contribution in [-0.2, 0) is 24.0 Å². The second kappa shape index (κ2) is 16.6. The summed E-state index contributed by atoms with van der Waals surface area (Å²) in [5.74, 6) is -1.47. The van der Waals surface area contributed by atoms with Crippen LogP contribution in [0, 0.1) is 0 Å². The van der Waals surface area contributed by atoms with Crippen LogP contribution >= 0.6 is 0 Å². The molecule has 0 aliphatic carbocycles. The van der Waals surface area contributed by atoms with Crippen LogP contribution in [-0.4, -0.2) is 66.5 Å². The molecule has 0 spiro atoms. The third-order valence-corrected chi connectivity index (χ3v) is 2.99. The number of aliphatic carboxylic acids is 1. The Kier molecular flexibility index (Phi) is 16.6. The van der Waals surface area contributed by atoms with Crippen molar-refractivity contribution in [2.75, 3.05) is 27.2 Å². The molecule has 0 unspecified atom stereocenters. The zero-order chi connectivity index (χ0) is 19.7. The van der Waals surface area contributed by atoms with E-state index in [4.69, 9.17) is 15.7 Å². The van der Waals surface area contributed by atoms with E-state index in [0.717, 1.165) is 4.90 Å². The third kappa shape index (κ3) is 17.9. The number of imide groups is 1. The van der Waals surface area contributed by atoms with Gasteiger partial charge in [-0.3, -0.25) is 24.1 Å². The van der Waals surface area contributed by atoms with Gasteiger partial charge in [0, 0.05) is 33.0 Å². The van der Waals surface area contributed by atoms with Crippen molar-refractivity contribution in [3.8, 4) is 0 Å². The zero-order valence-corrected chi connectivity index (χ0v) is 15.1. The molecule has 0 aromatic rings. The number of carboxylic acids is 1. The van der Waals surface area contributed by atoms with Crippen molar-refractivity contribution in [3.05, 3.63) is 12.2 Å². The van der Waals surface area contributed by atoms with Crippen LogP contribution in [0.1, 0.15) is 39.0 Å². The predicted molar refractivity (Wildman–Crippen MR) is 92.1 cm³/mol. The molecule has 0 fully saturated rings. The second-order valence-corrected chi connectivity index (χ2v) is 5.09. The fourth-order valence-electron chi connectivity index (χ4n) is 1.55. The van der Waals surface area contributed by atoms with Crippen LogP contribution in [0.2, 0.25) is 0 Å². The second-order valence-electron chi connectivity index (χ2n) is 5.09. The lowest BCUT2D eigenvalue weighted by Gasteiger charge is -2.12. The lowest BCUT2D eigenvalue weighted by Crippen LogP contribution is -2.28. The topological polar surface area (TPSA) is 130 Å². The quantitative estimate of drug-likeness (QED) is 0.225. The van der Waals surface area contributed by atoms with Crippen LogP contribution in [0.4, 0.5) is 0 Å². The minimum atomic E-state index is -0.822. The Morgan fingerprint density at radius 1 is 1.12 bits per heavy atom. The first-order valence-corrected chi connectivity index (χ1v) is 7.92. The first kappa shape index (κ1) is 25.0. The molecule has 144 valence electrons. The molecule has 0 bridgehead atoms. The Labute approximate surface area is 148 Å². The van der Waals surface area contributed by atoms with Gasteiger partial charge in [0.25, 0.3) is 5.91 Å². The van der Waals surface area contributed by atoms with Gasteiger partial charge >= 0.3 is 5.97 Å². The minimum absolute atomic E-state index is 0.129. The molecule has 0 aliphatic heterocycles. The predicted octanol–water partition coefficient (Wildman–Crippen LogP) is 0.548. The first-order valence-electron chi connectivity index (χ1n) is 7.92. The van der Waals surface area contributed by atoms with Crippen molar-refractivity contribution >= 4 is 24.2 Å². The fraction of sp³-hybridized carbons (Fsp3) is 0.625. The summed E-state index contributed by atoms with van der Waals surface area (Å²) in [7, 11) is 3.28. The molecule has 0 saturated carbocycles. The average Bonchev–Trinajstić information content (AvgIpc) is 2.56. The highest BCUT2D eigenvalue weighted by atomic mass is 16.7. The fourth-order valence-corrected chi connectivity index (χ4v) is 1.55. The molecule has 0 atom stereocenters. The summed E-state index contributed by atoms with van der Waals surface area (Å²) >= 11 is 0. The number of primary amides is 1. The number of hydroxylamine groups is 2. The molecule has 0 aromatic heterocycles. The standard InChI is InChI=1S/C11H17NO4.C5H12N2O2/c1-2-6-10(14)12(9-13)8-5-3-4-7-11(15)16;1-7(9-2)4-3-5(6)8/h2,6,9H,3-5,7-8H2,1H3,(H,15,16);3-4H2,1-2H3,(H2,6,8)/b6-2-;. The first-order chi connectivity index (χ1) is 11.8. The van der Waals surface area contributed by atoms with Gasteiger partial charge in [-0.2, -0.15) is 5.06 Å². The number of carboxylic acid groups (broad SMARTS) is 1. The largest absolute Gasteiger partial charge is 0.481 e. The highest BCUT2D eigenvalue weighted by molar-refractivity contribution is 5.94. The van der Waals surface area contributed by atoms with E-state index in [9.17, 15) is 19.2 Å². The van der Waals surface area contributed by atoms with Crippen LogP contribution in [0.15, 0.2) is 12.2 Å². The molecular formula is C16H29N3O6. The normalized spacial score (nSPS) is 10.2.